The van der Waals surface area contributed by atoms with Gasteiger partial charge in [-0.25, -0.2) is 10.2 Å². The lowest BCUT2D eigenvalue weighted by atomic mass is 10.2. The maximum Gasteiger partial charge on any atom is 0.275 e. The standard InChI is InChI=1S/C12H10ClFN2O2S/c13-8-2-1-3-9(14)10(8)18-6-7-4-5-19-11(7)12(17)16-15/h1-5H,6,15H2,(H,16,17). The zero-order chi connectivity index (χ0) is 13.8. The summed E-state index contributed by atoms with van der Waals surface area (Å²) in [5, 5.41) is 1.91. The van der Waals surface area contributed by atoms with Crippen LogP contribution in [0.2, 0.25) is 5.02 Å². The van der Waals surface area contributed by atoms with Crippen molar-refractivity contribution in [2.45, 2.75) is 6.61 Å². The van der Waals surface area contributed by atoms with E-state index in [0.717, 1.165) is 0 Å². The van der Waals surface area contributed by atoms with Crippen LogP contribution >= 0.6 is 22.9 Å². The van der Waals surface area contributed by atoms with Gasteiger partial charge < -0.3 is 4.74 Å². The number of amides is 1. The normalized spacial score (nSPS) is 10.3. The molecule has 1 aromatic heterocycles. The Morgan fingerprint density at radius 3 is 2.95 bits per heavy atom. The molecule has 0 fully saturated rings. The number of hydrogen-bond acceptors (Lipinski definition) is 4. The molecule has 4 nitrogen and oxygen atoms in total. The fourth-order valence-corrected chi connectivity index (χ4v) is 2.51. The maximum absolute atomic E-state index is 13.5. The molecule has 2 rings (SSSR count). The summed E-state index contributed by atoms with van der Waals surface area (Å²) >= 11 is 7.06. The molecule has 0 atom stereocenters. The Labute approximate surface area is 117 Å². The first-order valence-electron chi connectivity index (χ1n) is 5.27. The highest BCUT2D eigenvalue weighted by atomic mass is 35.5. The van der Waals surface area contributed by atoms with Gasteiger partial charge >= 0.3 is 0 Å². The number of hydrazine groups is 1. The first-order valence-corrected chi connectivity index (χ1v) is 6.53. The average molecular weight is 301 g/mol. The summed E-state index contributed by atoms with van der Waals surface area (Å²) in [6, 6.07) is 5.98. The van der Waals surface area contributed by atoms with Gasteiger partial charge in [0.05, 0.1) is 9.90 Å². The number of halogens is 2. The highest BCUT2D eigenvalue weighted by molar-refractivity contribution is 7.12. The third kappa shape index (κ3) is 3.04. The van der Waals surface area contributed by atoms with E-state index in [0.29, 0.717) is 10.4 Å². The van der Waals surface area contributed by atoms with E-state index in [2.05, 4.69) is 0 Å². The summed E-state index contributed by atoms with van der Waals surface area (Å²) in [5.41, 5.74) is 2.66. The second-order valence-electron chi connectivity index (χ2n) is 3.59. The molecule has 7 heteroatoms. The van der Waals surface area contributed by atoms with Crippen LogP contribution in [0, 0.1) is 5.82 Å². The van der Waals surface area contributed by atoms with Crippen LogP contribution < -0.4 is 16.0 Å². The fraction of sp³-hybridized carbons (Fsp3) is 0.0833. The Hall–Kier alpha value is -1.63. The Balaban J connectivity index is 2.15. The van der Waals surface area contributed by atoms with Crippen LogP contribution in [-0.4, -0.2) is 5.91 Å². The molecule has 0 bridgehead atoms. The molecular formula is C12H10ClFN2O2S. The fourth-order valence-electron chi connectivity index (χ4n) is 1.48. The van der Waals surface area contributed by atoms with Crippen molar-refractivity contribution < 1.29 is 13.9 Å². The molecule has 2 aromatic rings. The molecule has 1 aromatic carbocycles. The molecule has 100 valence electrons. The topological polar surface area (TPSA) is 64.3 Å². The molecule has 0 aliphatic carbocycles. The number of nitrogen functional groups attached to an aromatic ring is 1. The van der Waals surface area contributed by atoms with Gasteiger partial charge in [0.2, 0.25) is 0 Å². The molecule has 0 aliphatic heterocycles. The van der Waals surface area contributed by atoms with Crippen LogP contribution in [-0.2, 0) is 6.61 Å². The summed E-state index contributed by atoms with van der Waals surface area (Å²) in [4.78, 5) is 11.9. The number of nitrogens with two attached hydrogens (primary N) is 1. The predicted octanol–water partition coefficient (Wildman–Crippen LogP) is 2.72. The zero-order valence-electron chi connectivity index (χ0n) is 9.65. The molecule has 0 radical (unpaired) electrons. The first kappa shape index (κ1) is 13.8. The highest BCUT2D eigenvalue weighted by Crippen LogP contribution is 2.28. The summed E-state index contributed by atoms with van der Waals surface area (Å²) in [6.45, 7) is 0.0346. The predicted molar refractivity (Wildman–Crippen MR) is 71.7 cm³/mol. The quantitative estimate of drug-likeness (QED) is 0.518. The van der Waals surface area contributed by atoms with Crippen molar-refractivity contribution in [2.75, 3.05) is 0 Å². The lowest BCUT2D eigenvalue weighted by Crippen LogP contribution is -2.30. The smallest absolute Gasteiger partial charge is 0.275 e. The van der Waals surface area contributed by atoms with Gasteiger partial charge in [-0.1, -0.05) is 17.7 Å². The third-order valence-electron chi connectivity index (χ3n) is 2.38. The largest absolute Gasteiger partial charge is 0.484 e. The minimum Gasteiger partial charge on any atom is -0.484 e. The number of hydrogen-bond donors (Lipinski definition) is 2. The van der Waals surface area contributed by atoms with Gasteiger partial charge in [-0.05, 0) is 23.6 Å². The molecule has 0 saturated heterocycles. The molecular weight excluding hydrogens is 291 g/mol. The van der Waals surface area contributed by atoms with E-state index in [1.54, 1.807) is 11.4 Å². The molecule has 0 unspecified atom stereocenters. The summed E-state index contributed by atoms with van der Waals surface area (Å²) in [5.74, 6) is 4.08. The van der Waals surface area contributed by atoms with Crippen LogP contribution in [0.1, 0.15) is 15.2 Å². The van der Waals surface area contributed by atoms with E-state index in [1.165, 1.54) is 29.5 Å². The van der Waals surface area contributed by atoms with Gasteiger partial charge in [-0.15, -0.1) is 11.3 Å². The molecule has 1 amide bonds. The zero-order valence-corrected chi connectivity index (χ0v) is 11.2. The number of para-hydroxylation sites is 1. The van der Waals surface area contributed by atoms with E-state index < -0.39 is 11.7 Å². The number of ether oxygens (including phenoxy) is 1. The summed E-state index contributed by atoms with van der Waals surface area (Å²) in [7, 11) is 0. The Kier molecular flexibility index (Phi) is 4.36. The maximum atomic E-state index is 13.5. The summed E-state index contributed by atoms with van der Waals surface area (Å²) < 4.78 is 18.8. The Morgan fingerprint density at radius 1 is 1.47 bits per heavy atom. The third-order valence-corrected chi connectivity index (χ3v) is 3.63. The Bertz CT molecular complexity index is 583. The molecule has 0 aliphatic rings. The van der Waals surface area contributed by atoms with E-state index in [-0.39, 0.29) is 17.4 Å². The average Bonchev–Trinajstić information content (AvgIpc) is 2.85. The SMILES string of the molecule is NNC(=O)c1sccc1COc1c(F)cccc1Cl. The van der Waals surface area contributed by atoms with Crippen LogP contribution in [0.4, 0.5) is 4.39 Å². The van der Waals surface area contributed by atoms with E-state index in [9.17, 15) is 9.18 Å². The van der Waals surface area contributed by atoms with Crippen molar-refractivity contribution in [3.8, 4) is 5.75 Å². The number of carbonyl (C=O) groups excluding carboxylic acids is 1. The number of carbonyl (C=O) groups is 1. The van der Waals surface area contributed by atoms with Crippen molar-refractivity contribution in [3.63, 3.8) is 0 Å². The van der Waals surface area contributed by atoms with E-state index in [4.69, 9.17) is 22.2 Å². The highest BCUT2D eigenvalue weighted by Gasteiger charge is 2.14. The number of thiophene rings is 1. The summed E-state index contributed by atoms with van der Waals surface area (Å²) in [6.07, 6.45) is 0. The number of benzene rings is 1. The van der Waals surface area contributed by atoms with Crippen molar-refractivity contribution >= 4 is 28.8 Å². The van der Waals surface area contributed by atoms with Crippen molar-refractivity contribution in [1.29, 1.82) is 0 Å². The van der Waals surface area contributed by atoms with Crippen molar-refractivity contribution in [3.05, 3.63) is 50.9 Å². The van der Waals surface area contributed by atoms with Crippen molar-refractivity contribution in [2.24, 2.45) is 5.84 Å². The minimum atomic E-state index is -0.549. The molecule has 19 heavy (non-hydrogen) atoms. The van der Waals surface area contributed by atoms with E-state index in [1.807, 2.05) is 5.43 Å². The van der Waals surface area contributed by atoms with Gasteiger partial charge in [-0.3, -0.25) is 10.2 Å². The van der Waals surface area contributed by atoms with Crippen LogP contribution in [0.25, 0.3) is 0 Å². The van der Waals surface area contributed by atoms with E-state index >= 15 is 0 Å². The second kappa shape index (κ2) is 6.01. The van der Waals surface area contributed by atoms with Gasteiger partial charge in [0.1, 0.15) is 6.61 Å². The monoisotopic (exact) mass is 300 g/mol. The second-order valence-corrected chi connectivity index (χ2v) is 4.91. The molecule has 1 heterocycles. The van der Waals surface area contributed by atoms with Gasteiger partial charge in [0, 0.05) is 5.56 Å². The van der Waals surface area contributed by atoms with Crippen LogP contribution in [0.15, 0.2) is 29.6 Å². The molecule has 0 saturated carbocycles. The first-order chi connectivity index (χ1) is 9.13. The van der Waals surface area contributed by atoms with Crippen LogP contribution in [0.3, 0.4) is 0 Å². The van der Waals surface area contributed by atoms with Gasteiger partial charge in [-0.2, -0.15) is 0 Å². The van der Waals surface area contributed by atoms with Crippen molar-refractivity contribution in [1.82, 2.24) is 5.43 Å². The molecule has 3 N–H and O–H groups in total. The van der Waals surface area contributed by atoms with Gasteiger partial charge in [0.15, 0.2) is 11.6 Å². The lowest BCUT2D eigenvalue weighted by Gasteiger charge is -2.09. The minimum absolute atomic E-state index is 0.0329. The number of rotatable bonds is 4. The van der Waals surface area contributed by atoms with Crippen LogP contribution in [0.5, 0.6) is 5.75 Å². The van der Waals surface area contributed by atoms with Gasteiger partial charge in [0.25, 0.3) is 5.91 Å². The lowest BCUT2D eigenvalue weighted by molar-refractivity contribution is 0.0955. The number of nitrogens with one attached hydrogen (secondary N) is 1. The Morgan fingerprint density at radius 2 is 2.26 bits per heavy atom. The molecule has 0 spiro atoms.